The van der Waals surface area contributed by atoms with Crippen molar-refractivity contribution in [2.45, 2.75) is 66.5 Å². The van der Waals surface area contributed by atoms with Crippen LogP contribution in [0, 0.1) is 6.92 Å². The van der Waals surface area contributed by atoms with Gasteiger partial charge in [0.1, 0.15) is 11.4 Å². The van der Waals surface area contributed by atoms with Crippen molar-refractivity contribution in [2.24, 2.45) is 0 Å². The molecule has 0 aromatic carbocycles. The first-order chi connectivity index (χ1) is 10.8. The highest BCUT2D eigenvalue weighted by atomic mass is 16.6. The van der Waals surface area contributed by atoms with Crippen LogP contribution in [0.25, 0.3) is 0 Å². The predicted octanol–water partition coefficient (Wildman–Crippen LogP) is 4.04. The van der Waals surface area contributed by atoms with Crippen molar-refractivity contribution < 1.29 is 9.53 Å². The van der Waals surface area contributed by atoms with E-state index >= 15 is 0 Å². The Balaban J connectivity index is 2.70. The van der Waals surface area contributed by atoms with E-state index in [1.807, 2.05) is 39.8 Å². The fourth-order valence-corrected chi connectivity index (χ4v) is 2.30. The van der Waals surface area contributed by atoms with Crippen molar-refractivity contribution in [3.63, 3.8) is 0 Å². The van der Waals surface area contributed by atoms with Crippen molar-refractivity contribution >= 4 is 11.9 Å². The molecule has 1 heterocycles. The molecule has 5 heteroatoms. The summed E-state index contributed by atoms with van der Waals surface area (Å²) in [7, 11) is 0. The minimum atomic E-state index is -0.484. The summed E-state index contributed by atoms with van der Waals surface area (Å²) in [6, 6.07) is 4.07. The molecule has 1 rings (SSSR count). The normalized spacial score (nSPS) is 11.2. The number of hydrogen-bond acceptors (Lipinski definition) is 4. The first-order valence-corrected chi connectivity index (χ1v) is 8.45. The van der Waals surface area contributed by atoms with Crippen molar-refractivity contribution in [1.29, 1.82) is 0 Å². The van der Waals surface area contributed by atoms with Crippen molar-refractivity contribution in [1.82, 2.24) is 10.3 Å². The van der Waals surface area contributed by atoms with Gasteiger partial charge >= 0.3 is 6.09 Å². The lowest BCUT2D eigenvalue weighted by Crippen LogP contribution is -2.32. The Morgan fingerprint density at radius 1 is 1.22 bits per heavy atom. The second kappa shape index (κ2) is 8.75. The van der Waals surface area contributed by atoms with E-state index in [1.165, 1.54) is 0 Å². The summed E-state index contributed by atoms with van der Waals surface area (Å²) < 4.78 is 5.25. The molecular weight excluding hydrogens is 290 g/mol. The molecule has 0 saturated heterocycles. The molecule has 0 aliphatic carbocycles. The summed E-state index contributed by atoms with van der Waals surface area (Å²) in [6.45, 7) is 14.3. The van der Waals surface area contributed by atoms with Crippen LogP contribution in [-0.2, 0) is 11.3 Å². The van der Waals surface area contributed by atoms with Gasteiger partial charge in [-0.05, 0) is 52.2 Å². The number of ether oxygens (including phenoxy) is 1. The summed E-state index contributed by atoms with van der Waals surface area (Å²) in [5, 5.41) is 2.78. The molecule has 1 aromatic heterocycles. The van der Waals surface area contributed by atoms with E-state index in [1.54, 1.807) is 0 Å². The number of amides is 1. The number of alkyl carbamates (subject to hydrolysis) is 1. The van der Waals surface area contributed by atoms with Crippen molar-refractivity contribution in [3.05, 3.63) is 23.4 Å². The standard InChI is InChI=1S/C18H31N3O2/c1-7-11-21(12-8-2)16-10-9-15(14(3)20-16)13-19-17(22)23-18(4,5)6/h9-10H,7-8,11-13H2,1-6H3,(H,19,22). The topological polar surface area (TPSA) is 54.5 Å². The number of rotatable bonds is 7. The van der Waals surface area contributed by atoms with E-state index in [9.17, 15) is 4.79 Å². The van der Waals surface area contributed by atoms with Gasteiger partial charge in [-0.15, -0.1) is 0 Å². The maximum atomic E-state index is 11.7. The number of carbonyl (C=O) groups is 1. The number of anilines is 1. The van der Waals surface area contributed by atoms with E-state index in [0.29, 0.717) is 6.54 Å². The number of hydrogen-bond donors (Lipinski definition) is 1. The summed E-state index contributed by atoms with van der Waals surface area (Å²) in [5.74, 6) is 1.01. The second-order valence-corrected chi connectivity index (χ2v) is 6.76. The summed E-state index contributed by atoms with van der Waals surface area (Å²) in [5.41, 5.74) is 1.46. The quantitative estimate of drug-likeness (QED) is 0.823. The van der Waals surface area contributed by atoms with Crippen LogP contribution in [0.4, 0.5) is 10.6 Å². The second-order valence-electron chi connectivity index (χ2n) is 6.76. The van der Waals surface area contributed by atoms with E-state index in [4.69, 9.17) is 9.72 Å². The summed E-state index contributed by atoms with van der Waals surface area (Å²) in [6.07, 6.45) is 1.80. The van der Waals surface area contributed by atoms with E-state index in [0.717, 1.165) is 43.0 Å². The summed E-state index contributed by atoms with van der Waals surface area (Å²) >= 11 is 0. The van der Waals surface area contributed by atoms with Gasteiger partial charge in [0.25, 0.3) is 0 Å². The Kier molecular flexibility index (Phi) is 7.33. The number of carbonyl (C=O) groups excluding carboxylic acids is 1. The van der Waals surface area contributed by atoms with Gasteiger partial charge in [0.15, 0.2) is 0 Å². The number of nitrogens with one attached hydrogen (secondary N) is 1. The molecule has 0 aliphatic rings. The summed E-state index contributed by atoms with van der Waals surface area (Å²) in [4.78, 5) is 18.7. The lowest BCUT2D eigenvalue weighted by atomic mass is 10.2. The van der Waals surface area contributed by atoms with Gasteiger partial charge in [0, 0.05) is 25.3 Å². The van der Waals surface area contributed by atoms with Gasteiger partial charge < -0.3 is 15.0 Å². The van der Waals surface area contributed by atoms with Crippen LogP contribution in [0.3, 0.4) is 0 Å². The van der Waals surface area contributed by atoms with Gasteiger partial charge in [-0.25, -0.2) is 9.78 Å². The number of aromatic nitrogens is 1. The Morgan fingerprint density at radius 2 is 1.83 bits per heavy atom. The fraction of sp³-hybridized carbons (Fsp3) is 0.667. The number of nitrogens with zero attached hydrogens (tertiary/aromatic N) is 2. The third-order valence-electron chi connectivity index (χ3n) is 3.31. The van der Waals surface area contributed by atoms with Gasteiger partial charge in [0.05, 0.1) is 0 Å². The van der Waals surface area contributed by atoms with Crippen molar-refractivity contribution in [3.8, 4) is 0 Å². The Morgan fingerprint density at radius 3 is 2.30 bits per heavy atom. The molecule has 0 bridgehead atoms. The average Bonchev–Trinajstić information content (AvgIpc) is 2.44. The molecule has 5 nitrogen and oxygen atoms in total. The molecule has 0 unspecified atom stereocenters. The molecule has 0 saturated carbocycles. The Bertz CT molecular complexity index is 503. The SMILES string of the molecule is CCCN(CCC)c1ccc(CNC(=O)OC(C)(C)C)c(C)n1. The maximum Gasteiger partial charge on any atom is 0.407 e. The zero-order valence-electron chi connectivity index (χ0n) is 15.4. The molecule has 130 valence electrons. The minimum absolute atomic E-state index is 0.403. The molecule has 23 heavy (non-hydrogen) atoms. The van der Waals surface area contributed by atoms with Crippen LogP contribution >= 0.6 is 0 Å². The predicted molar refractivity (Wildman–Crippen MR) is 94.8 cm³/mol. The molecule has 1 aromatic rings. The van der Waals surface area contributed by atoms with Gasteiger partial charge in [0.2, 0.25) is 0 Å². The van der Waals surface area contributed by atoms with Crippen LogP contribution in [0.2, 0.25) is 0 Å². The van der Waals surface area contributed by atoms with Crippen LogP contribution in [0.5, 0.6) is 0 Å². The molecular formula is C18H31N3O2. The monoisotopic (exact) mass is 321 g/mol. The highest BCUT2D eigenvalue weighted by molar-refractivity contribution is 5.67. The molecule has 0 atom stereocenters. The average molecular weight is 321 g/mol. The van der Waals surface area contributed by atoms with Crippen LogP contribution in [-0.4, -0.2) is 29.8 Å². The smallest absolute Gasteiger partial charge is 0.407 e. The number of aryl methyl sites for hydroxylation is 1. The number of pyridine rings is 1. The molecule has 1 N–H and O–H groups in total. The largest absolute Gasteiger partial charge is 0.444 e. The minimum Gasteiger partial charge on any atom is -0.444 e. The zero-order valence-corrected chi connectivity index (χ0v) is 15.4. The highest BCUT2D eigenvalue weighted by Gasteiger charge is 2.16. The van der Waals surface area contributed by atoms with Crippen LogP contribution in [0.1, 0.15) is 58.7 Å². The molecule has 0 fully saturated rings. The lowest BCUT2D eigenvalue weighted by Gasteiger charge is -2.23. The van der Waals surface area contributed by atoms with Crippen LogP contribution < -0.4 is 10.2 Å². The van der Waals surface area contributed by atoms with Gasteiger partial charge in [-0.2, -0.15) is 0 Å². The first-order valence-electron chi connectivity index (χ1n) is 8.45. The maximum absolute atomic E-state index is 11.7. The van der Waals surface area contributed by atoms with Gasteiger partial charge in [-0.1, -0.05) is 19.9 Å². The third kappa shape index (κ3) is 6.89. The zero-order chi connectivity index (χ0) is 17.5. The van der Waals surface area contributed by atoms with E-state index in [2.05, 4.69) is 24.1 Å². The van der Waals surface area contributed by atoms with E-state index < -0.39 is 11.7 Å². The lowest BCUT2D eigenvalue weighted by molar-refractivity contribution is 0.0523. The third-order valence-corrected chi connectivity index (χ3v) is 3.31. The van der Waals surface area contributed by atoms with Crippen molar-refractivity contribution in [2.75, 3.05) is 18.0 Å². The fourth-order valence-electron chi connectivity index (χ4n) is 2.30. The molecule has 0 spiro atoms. The molecule has 0 radical (unpaired) electrons. The van der Waals surface area contributed by atoms with Crippen LogP contribution in [0.15, 0.2) is 12.1 Å². The molecule has 1 amide bonds. The van der Waals surface area contributed by atoms with E-state index in [-0.39, 0.29) is 0 Å². The first kappa shape index (κ1) is 19.3. The Labute approximate surface area is 140 Å². The Hall–Kier alpha value is -1.78. The van der Waals surface area contributed by atoms with Gasteiger partial charge in [-0.3, -0.25) is 0 Å². The molecule has 0 aliphatic heterocycles. The highest BCUT2D eigenvalue weighted by Crippen LogP contribution is 2.16.